The second-order valence-electron chi connectivity index (χ2n) is 6.40. The number of aryl methyl sites for hydroxylation is 1. The molecule has 0 unspecified atom stereocenters. The maximum absolute atomic E-state index is 12.3. The first kappa shape index (κ1) is 17.4. The van der Waals surface area contributed by atoms with Crippen molar-refractivity contribution in [3.63, 3.8) is 0 Å². The van der Waals surface area contributed by atoms with Gasteiger partial charge in [-0.1, -0.05) is 78.0 Å². The Hall–Kier alpha value is -2.98. The van der Waals surface area contributed by atoms with Crippen LogP contribution in [0.4, 0.5) is 0 Å². The summed E-state index contributed by atoms with van der Waals surface area (Å²) in [6.07, 6.45) is 0. The van der Waals surface area contributed by atoms with Crippen LogP contribution in [0.2, 0.25) is 0 Å². The normalized spacial score (nSPS) is 10.9. The van der Waals surface area contributed by atoms with Crippen LogP contribution in [0, 0.1) is 6.92 Å². The molecule has 27 heavy (non-hydrogen) atoms. The van der Waals surface area contributed by atoms with E-state index in [4.69, 9.17) is 0 Å². The van der Waals surface area contributed by atoms with Gasteiger partial charge in [0.25, 0.3) is 0 Å². The van der Waals surface area contributed by atoms with Gasteiger partial charge in [0.05, 0.1) is 11.4 Å². The Morgan fingerprint density at radius 2 is 1.63 bits per heavy atom. The first-order valence-corrected chi connectivity index (χ1v) is 9.73. The first-order chi connectivity index (χ1) is 13.2. The van der Waals surface area contributed by atoms with Gasteiger partial charge in [0.15, 0.2) is 5.78 Å². The first-order valence-electron chi connectivity index (χ1n) is 8.75. The van der Waals surface area contributed by atoms with Crippen LogP contribution in [0.1, 0.15) is 15.9 Å². The Kier molecular flexibility index (Phi) is 4.99. The lowest BCUT2D eigenvalue weighted by Gasteiger charge is -2.04. The van der Waals surface area contributed by atoms with Crippen molar-refractivity contribution in [2.45, 2.75) is 11.9 Å². The third-order valence-electron chi connectivity index (χ3n) is 4.41. The summed E-state index contributed by atoms with van der Waals surface area (Å²) < 4.78 is 0. The molecule has 0 spiro atoms. The average molecular weight is 370 g/mol. The highest BCUT2D eigenvalue weighted by Crippen LogP contribution is 2.24. The Balaban J connectivity index is 1.45. The fraction of sp³-hybridized carbons (Fsp3) is 0.0870. The Morgan fingerprint density at radius 3 is 2.37 bits per heavy atom. The van der Waals surface area contributed by atoms with Crippen LogP contribution >= 0.6 is 11.8 Å². The molecule has 0 amide bonds. The molecule has 3 nitrogen and oxygen atoms in total. The highest BCUT2D eigenvalue weighted by molar-refractivity contribution is 7.99. The number of carbonyl (C=O) groups excluding carboxylic acids is 1. The van der Waals surface area contributed by atoms with E-state index in [0.29, 0.717) is 5.75 Å². The molecule has 3 aromatic carbocycles. The van der Waals surface area contributed by atoms with Crippen LogP contribution in [-0.4, -0.2) is 21.7 Å². The number of hydrogen-bond acceptors (Lipinski definition) is 4. The molecule has 0 aliphatic carbocycles. The summed E-state index contributed by atoms with van der Waals surface area (Å²) in [5.74, 6) is 0.452. The highest BCUT2D eigenvalue weighted by Gasteiger charge is 2.08. The largest absolute Gasteiger partial charge is 0.293 e. The average Bonchev–Trinajstić information content (AvgIpc) is 2.72. The topological polar surface area (TPSA) is 42.9 Å². The molecule has 0 radical (unpaired) electrons. The van der Waals surface area contributed by atoms with E-state index in [1.165, 1.54) is 22.5 Å². The van der Waals surface area contributed by atoms with Crippen molar-refractivity contribution in [3.05, 3.63) is 90.0 Å². The molecular formula is C23H18N2OS. The van der Waals surface area contributed by atoms with Crippen molar-refractivity contribution >= 4 is 28.3 Å². The minimum atomic E-state index is 0.0976. The van der Waals surface area contributed by atoms with E-state index in [9.17, 15) is 4.79 Å². The second kappa shape index (κ2) is 7.72. The van der Waals surface area contributed by atoms with E-state index in [1.807, 2.05) is 55.5 Å². The molecule has 0 saturated carbocycles. The van der Waals surface area contributed by atoms with Crippen LogP contribution < -0.4 is 0 Å². The molecule has 4 aromatic rings. The third kappa shape index (κ3) is 4.07. The predicted molar refractivity (Wildman–Crippen MR) is 111 cm³/mol. The van der Waals surface area contributed by atoms with Crippen molar-refractivity contribution < 1.29 is 4.79 Å². The Labute approximate surface area is 162 Å². The summed E-state index contributed by atoms with van der Waals surface area (Å²) in [6, 6.07) is 26.0. The SMILES string of the molecule is Cc1ccc(C(=O)CSc2ccc(-c3ccc4ccccc4c3)nn2)cc1. The molecule has 0 saturated heterocycles. The molecule has 0 N–H and O–H groups in total. The second-order valence-corrected chi connectivity index (χ2v) is 7.39. The number of nitrogens with zero attached hydrogens (tertiary/aromatic N) is 2. The molecule has 0 bridgehead atoms. The molecular weight excluding hydrogens is 352 g/mol. The summed E-state index contributed by atoms with van der Waals surface area (Å²) >= 11 is 1.41. The quantitative estimate of drug-likeness (QED) is 0.340. The van der Waals surface area contributed by atoms with Crippen LogP contribution in [0.3, 0.4) is 0 Å². The molecule has 132 valence electrons. The number of rotatable bonds is 5. The van der Waals surface area contributed by atoms with Gasteiger partial charge in [-0.25, -0.2) is 0 Å². The fourth-order valence-corrected chi connectivity index (χ4v) is 3.57. The lowest BCUT2D eigenvalue weighted by Crippen LogP contribution is -2.02. The van der Waals surface area contributed by atoms with E-state index in [2.05, 4.69) is 40.5 Å². The van der Waals surface area contributed by atoms with Crippen molar-refractivity contribution in [2.24, 2.45) is 0 Å². The van der Waals surface area contributed by atoms with Crippen molar-refractivity contribution in [1.82, 2.24) is 10.2 Å². The number of ketones is 1. The van der Waals surface area contributed by atoms with Crippen LogP contribution in [0.5, 0.6) is 0 Å². The van der Waals surface area contributed by atoms with Gasteiger partial charge in [-0.3, -0.25) is 4.79 Å². The standard InChI is InChI=1S/C23H18N2OS/c1-16-6-8-18(9-7-16)22(26)15-27-23-13-12-21(24-25-23)20-11-10-17-4-2-3-5-19(17)14-20/h2-14H,15H2,1H3. The number of carbonyl (C=O) groups is 1. The van der Waals surface area contributed by atoms with Crippen LogP contribution in [-0.2, 0) is 0 Å². The minimum absolute atomic E-state index is 0.0976. The maximum Gasteiger partial charge on any atom is 0.173 e. The van der Waals surface area contributed by atoms with Crippen molar-refractivity contribution in [2.75, 3.05) is 5.75 Å². The summed E-state index contributed by atoms with van der Waals surface area (Å²) in [5.41, 5.74) is 3.74. The summed E-state index contributed by atoms with van der Waals surface area (Å²) in [4.78, 5) is 12.3. The lowest BCUT2D eigenvalue weighted by atomic mass is 10.1. The molecule has 0 atom stereocenters. The van der Waals surface area contributed by atoms with E-state index in [1.54, 1.807) is 0 Å². The highest BCUT2D eigenvalue weighted by atomic mass is 32.2. The molecule has 1 aromatic heterocycles. The minimum Gasteiger partial charge on any atom is -0.293 e. The van der Waals surface area contributed by atoms with E-state index in [0.717, 1.165) is 27.4 Å². The number of hydrogen-bond donors (Lipinski definition) is 0. The number of aromatic nitrogens is 2. The maximum atomic E-state index is 12.3. The lowest BCUT2D eigenvalue weighted by molar-refractivity contribution is 0.102. The van der Waals surface area contributed by atoms with Crippen LogP contribution in [0.15, 0.2) is 83.9 Å². The zero-order chi connectivity index (χ0) is 18.6. The third-order valence-corrected chi connectivity index (χ3v) is 5.33. The summed E-state index contributed by atoms with van der Waals surface area (Å²) in [7, 11) is 0. The van der Waals surface area contributed by atoms with Crippen LogP contribution in [0.25, 0.3) is 22.0 Å². The van der Waals surface area contributed by atoms with E-state index >= 15 is 0 Å². The zero-order valence-electron chi connectivity index (χ0n) is 14.9. The Bertz CT molecular complexity index is 1090. The van der Waals surface area contributed by atoms with Gasteiger partial charge >= 0.3 is 0 Å². The van der Waals surface area contributed by atoms with Gasteiger partial charge in [-0.05, 0) is 35.9 Å². The summed E-state index contributed by atoms with van der Waals surface area (Å²) in [5, 5.41) is 11.7. The molecule has 0 aliphatic rings. The molecule has 0 aliphatic heterocycles. The van der Waals surface area contributed by atoms with Gasteiger partial charge in [-0.15, -0.1) is 10.2 Å². The van der Waals surface area contributed by atoms with Gasteiger partial charge in [0, 0.05) is 11.1 Å². The number of Topliss-reactive ketones (excluding diaryl/α,β-unsaturated/α-hetero) is 1. The van der Waals surface area contributed by atoms with Gasteiger partial charge in [0.2, 0.25) is 0 Å². The molecule has 4 heteroatoms. The van der Waals surface area contributed by atoms with Crippen molar-refractivity contribution in [1.29, 1.82) is 0 Å². The fourth-order valence-electron chi connectivity index (χ4n) is 2.86. The number of thioether (sulfide) groups is 1. The summed E-state index contributed by atoms with van der Waals surface area (Å²) in [6.45, 7) is 2.01. The molecule has 0 fully saturated rings. The molecule has 4 rings (SSSR count). The zero-order valence-corrected chi connectivity index (χ0v) is 15.7. The van der Waals surface area contributed by atoms with E-state index < -0.39 is 0 Å². The number of benzene rings is 3. The Morgan fingerprint density at radius 1 is 0.852 bits per heavy atom. The predicted octanol–water partition coefficient (Wildman–Crippen LogP) is 5.58. The van der Waals surface area contributed by atoms with Crippen molar-refractivity contribution in [3.8, 4) is 11.3 Å². The van der Waals surface area contributed by atoms with Gasteiger partial charge in [0.1, 0.15) is 5.03 Å². The van der Waals surface area contributed by atoms with Gasteiger partial charge < -0.3 is 0 Å². The van der Waals surface area contributed by atoms with E-state index in [-0.39, 0.29) is 5.78 Å². The monoisotopic (exact) mass is 370 g/mol. The number of fused-ring (bicyclic) bond motifs is 1. The smallest absolute Gasteiger partial charge is 0.173 e. The molecule has 1 heterocycles. The van der Waals surface area contributed by atoms with Gasteiger partial charge in [-0.2, -0.15) is 0 Å².